The van der Waals surface area contributed by atoms with Crippen LogP contribution in [0.4, 0.5) is 0 Å². The van der Waals surface area contributed by atoms with Crippen LogP contribution in [0.3, 0.4) is 0 Å². The molecule has 2 nitrogen and oxygen atoms in total. The average molecular weight is 315 g/mol. The lowest BCUT2D eigenvalue weighted by Gasteiger charge is -2.18. The van der Waals surface area contributed by atoms with Crippen LogP contribution in [0.5, 0.6) is 0 Å². The zero-order valence-electron chi connectivity index (χ0n) is 13.5. The Bertz CT molecular complexity index is 828. The quantitative estimate of drug-likeness (QED) is 0.759. The van der Waals surface area contributed by atoms with Crippen LogP contribution in [-0.4, -0.2) is 11.2 Å². The van der Waals surface area contributed by atoms with E-state index in [0.29, 0.717) is 0 Å². The number of fused-ring (bicyclic) bond motifs is 1. The molecule has 0 saturated heterocycles. The van der Waals surface area contributed by atoms with Crippen molar-refractivity contribution in [1.82, 2.24) is 5.32 Å². The van der Waals surface area contributed by atoms with Gasteiger partial charge in [0.05, 0.1) is 12.1 Å². The second-order valence-corrected chi connectivity index (χ2v) is 6.40. The molecule has 0 fully saturated rings. The van der Waals surface area contributed by atoms with Crippen molar-refractivity contribution in [3.63, 3.8) is 0 Å². The van der Waals surface area contributed by atoms with Crippen molar-refractivity contribution in [1.29, 1.82) is 0 Å². The Morgan fingerprint density at radius 1 is 0.833 bits per heavy atom. The normalized spacial score (nSPS) is 19.2. The van der Waals surface area contributed by atoms with E-state index >= 15 is 0 Å². The highest BCUT2D eigenvalue weighted by Gasteiger charge is 2.29. The molecule has 2 heteroatoms. The molecule has 0 spiro atoms. The third kappa shape index (κ3) is 2.99. The van der Waals surface area contributed by atoms with Gasteiger partial charge in [-0.1, -0.05) is 72.8 Å². The number of aliphatic hydroxyl groups excluding tert-OH is 1. The van der Waals surface area contributed by atoms with Crippen LogP contribution in [0.1, 0.15) is 22.7 Å². The molecule has 120 valence electrons. The van der Waals surface area contributed by atoms with Gasteiger partial charge < -0.3 is 10.4 Å². The summed E-state index contributed by atoms with van der Waals surface area (Å²) in [6.45, 7) is 0.747. The highest BCUT2D eigenvalue weighted by Crippen LogP contribution is 2.31. The van der Waals surface area contributed by atoms with E-state index in [2.05, 4.69) is 66.0 Å². The highest BCUT2D eigenvalue weighted by molar-refractivity contribution is 5.63. The Kier molecular flexibility index (Phi) is 4.16. The second kappa shape index (κ2) is 6.60. The van der Waals surface area contributed by atoms with E-state index in [-0.39, 0.29) is 12.1 Å². The van der Waals surface area contributed by atoms with Gasteiger partial charge in [0.15, 0.2) is 0 Å². The fourth-order valence-electron chi connectivity index (χ4n) is 3.54. The van der Waals surface area contributed by atoms with Gasteiger partial charge in [0.1, 0.15) is 0 Å². The van der Waals surface area contributed by atoms with Gasteiger partial charge in [0, 0.05) is 13.0 Å². The van der Waals surface area contributed by atoms with Crippen molar-refractivity contribution in [2.45, 2.75) is 25.1 Å². The molecule has 3 aromatic rings. The van der Waals surface area contributed by atoms with Crippen LogP contribution < -0.4 is 5.32 Å². The zero-order valence-corrected chi connectivity index (χ0v) is 13.5. The van der Waals surface area contributed by atoms with Gasteiger partial charge in [-0.15, -0.1) is 0 Å². The largest absolute Gasteiger partial charge is 0.391 e. The van der Waals surface area contributed by atoms with Gasteiger partial charge in [-0.2, -0.15) is 0 Å². The monoisotopic (exact) mass is 315 g/mol. The summed E-state index contributed by atoms with van der Waals surface area (Å²) < 4.78 is 0. The maximum atomic E-state index is 10.4. The van der Waals surface area contributed by atoms with Gasteiger partial charge in [-0.3, -0.25) is 0 Å². The lowest BCUT2D eigenvalue weighted by atomic mass is 10.0. The molecule has 0 amide bonds. The summed E-state index contributed by atoms with van der Waals surface area (Å²) >= 11 is 0. The van der Waals surface area contributed by atoms with Crippen molar-refractivity contribution >= 4 is 0 Å². The van der Waals surface area contributed by atoms with Gasteiger partial charge >= 0.3 is 0 Å². The predicted molar refractivity (Wildman–Crippen MR) is 97.6 cm³/mol. The minimum atomic E-state index is -0.347. The summed E-state index contributed by atoms with van der Waals surface area (Å²) in [5, 5.41) is 13.9. The van der Waals surface area contributed by atoms with E-state index in [0.717, 1.165) is 13.0 Å². The summed E-state index contributed by atoms with van der Waals surface area (Å²) in [4.78, 5) is 0. The molecule has 1 aliphatic carbocycles. The first-order chi connectivity index (χ1) is 11.8. The topological polar surface area (TPSA) is 32.3 Å². The number of benzene rings is 3. The number of nitrogens with one attached hydrogen (secondary N) is 1. The smallest absolute Gasteiger partial charge is 0.0775 e. The molecule has 0 saturated carbocycles. The molecule has 2 N–H and O–H groups in total. The summed E-state index contributed by atoms with van der Waals surface area (Å²) in [6.07, 6.45) is 0.387. The molecule has 3 aromatic carbocycles. The van der Waals surface area contributed by atoms with Crippen LogP contribution in [-0.2, 0) is 13.0 Å². The molecule has 0 aliphatic heterocycles. The molecule has 1 aliphatic rings. The fraction of sp³-hybridized carbons (Fsp3) is 0.182. The van der Waals surface area contributed by atoms with E-state index in [1.807, 2.05) is 18.2 Å². The first-order valence-electron chi connectivity index (χ1n) is 8.45. The zero-order chi connectivity index (χ0) is 16.4. The van der Waals surface area contributed by atoms with Crippen molar-refractivity contribution in [2.24, 2.45) is 0 Å². The van der Waals surface area contributed by atoms with Crippen molar-refractivity contribution in [2.75, 3.05) is 0 Å². The van der Waals surface area contributed by atoms with Crippen LogP contribution in [0.15, 0.2) is 78.9 Å². The van der Waals surface area contributed by atoms with E-state index in [1.165, 1.54) is 27.8 Å². The van der Waals surface area contributed by atoms with E-state index in [9.17, 15) is 5.11 Å². The Balaban J connectivity index is 1.51. The first-order valence-corrected chi connectivity index (χ1v) is 8.45. The minimum Gasteiger partial charge on any atom is -0.391 e. The van der Waals surface area contributed by atoms with Crippen molar-refractivity contribution < 1.29 is 5.11 Å². The molecule has 0 aromatic heterocycles. The summed E-state index contributed by atoms with van der Waals surface area (Å²) in [7, 11) is 0. The standard InChI is InChI=1S/C22H21NO/c24-21-14-19-10-4-5-12-20(19)22(21)23-15-16-7-6-11-18(13-16)17-8-2-1-3-9-17/h1-13,21-24H,14-15H2/t21-,22+/m0/s1. The lowest BCUT2D eigenvalue weighted by Crippen LogP contribution is -2.28. The molecule has 0 unspecified atom stereocenters. The molecular weight excluding hydrogens is 294 g/mol. The van der Waals surface area contributed by atoms with Crippen LogP contribution in [0, 0.1) is 0 Å². The molecular formula is C22H21NO. The highest BCUT2D eigenvalue weighted by atomic mass is 16.3. The van der Waals surface area contributed by atoms with Gasteiger partial charge in [-0.05, 0) is 33.9 Å². The Hall–Kier alpha value is -2.42. The first kappa shape index (κ1) is 15.1. The van der Waals surface area contributed by atoms with Gasteiger partial charge in [0.25, 0.3) is 0 Å². The van der Waals surface area contributed by atoms with Gasteiger partial charge in [0.2, 0.25) is 0 Å². The Labute approximate surface area is 142 Å². The second-order valence-electron chi connectivity index (χ2n) is 6.40. The maximum Gasteiger partial charge on any atom is 0.0775 e. The molecule has 0 bridgehead atoms. The number of hydrogen-bond donors (Lipinski definition) is 2. The maximum absolute atomic E-state index is 10.4. The average Bonchev–Trinajstić information content (AvgIpc) is 2.96. The van der Waals surface area contributed by atoms with E-state index in [1.54, 1.807) is 0 Å². The van der Waals surface area contributed by atoms with Crippen molar-refractivity contribution in [3.8, 4) is 11.1 Å². The van der Waals surface area contributed by atoms with Crippen LogP contribution in [0.25, 0.3) is 11.1 Å². The number of hydrogen-bond acceptors (Lipinski definition) is 2. The summed E-state index contributed by atoms with van der Waals surface area (Å²) in [6, 6.07) is 27.3. The minimum absolute atomic E-state index is 0.0154. The lowest BCUT2D eigenvalue weighted by molar-refractivity contribution is 0.140. The van der Waals surface area contributed by atoms with Crippen LogP contribution >= 0.6 is 0 Å². The van der Waals surface area contributed by atoms with Gasteiger partial charge in [-0.25, -0.2) is 0 Å². The molecule has 24 heavy (non-hydrogen) atoms. The SMILES string of the molecule is O[C@H]1Cc2ccccc2[C@H]1NCc1cccc(-c2ccccc2)c1. The molecule has 0 radical (unpaired) electrons. The Morgan fingerprint density at radius 3 is 2.46 bits per heavy atom. The Morgan fingerprint density at radius 2 is 1.58 bits per heavy atom. The summed E-state index contributed by atoms with van der Waals surface area (Å²) in [5.41, 5.74) is 6.16. The van der Waals surface area contributed by atoms with Crippen molar-refractivity contribution in [3.05, 3.63) is 95.6 Å². The summed E-state index contributed by atoms with van der Waals surface area (Å²) in [5.74, 6) is 0. The van der Waals surface area contributed by atoms with E-state index < -0.39 is 0 Å². The molecule has 0 heterocycles. The predicted octanol–water partition coefficient (Wildman–Crippen LogP) is 4.10. The number of rotatable bonds is 4. The molecule has 2 atom stereocenters. The van der Waals surface area contributed by atoms with Crippen LogP contribution in [0.2, 0.25) is 0 Å². The van der Waals surface area contributed by atoms with E-state index in [4.69, 9.17) is 0 Å². The third-order valence-electron chi connectivity index (χ3n) is 4.76. The number of aliphatic hydroxyl groups is 1. The third-order valence-corrected chi connectivity index (χ3v) is 4.76. The fourth-order valence-corrected chi connectivity index (χ4v) is 3.54. The molecule has 4 rings (SSSR count).